The predicted octanol–water partition coefficient (Wildman–Crippen LogP) is 18.5. The molecule has 0 bridgehead atoms. The molecule has 8 heteroatoms. The van der Waals surface area contributed by atoms with Gasteiger partial charge in [0.2, 0.25) is 0 Å². The molecule has 7 nitrogen and oxygen atoms in total. The van der Waals surface area contributed by atoms with Gasteiger partial charge in [0.25, 0.3) is 6.71 Å². The third kappa shape index (κ3) is 8.04. The average molecular weight is 1130 g/mol. The first-order valence-electron chi connectivity index (χ1n) is 30.4. The van der Waals surface area contributed by atoms with Gasteiger partial charge in [-0.25, -0.2) is 15.0 Å². The monoisotopic (exact) mass is 1130 g/mol. The fourth-order valence-corrected chi connectivity index (χ4v) is 14.3. The third-order valence-corrected chi connectivity index (χ3v) is 18.1. The molecule has 0 atom stereocenters. The minimum Gasteiger partial charge on any atom is -0.311 e. The lowest BCUT2D eigenvalue weighted by atomic mass is 9.33. The standard InChI is InChI=1S/C81H52BN7/c1-6-24-55(25-7-1)79-83-80(56-26-8-2-9-27-56)85-81(84-79)57-46-48-71(89-70-39-21-17-35-63(70)66-51-65-62-34-16-20-38-69(62)86(75(65)52-76(66)89)58-28-10-3-11-29-58)64(50-57)54-44-42-53(43-45-54)61-47-49-74-77-78(61)88(60-32-14-5-15-33-60)73-41-23-19-37-68(73)82(77)67-36-18-22-40-72(67)87(74)59-30-12-4-13-31-59/h1-52H. The number of para-hydroxylation sites is 7. The Balaban J connectivity index is 0.878. The van der Waals surface area contributed by atoms with Crippen molar-refractivity contribution >= 4 is 101 Å². The van der Waals surface area contributed by atoms with E-state index in [-0.39, 0.29) is 6.71 Å². The van der Waals surface area contributed by atoms with Crippen LogP contribution in [0.25, 0.3) is 111 Å². The molecule has 0 unspecified atom stereocenters. The highest BCUT2D eigenvalue weighted by molar-refractivity contribution is 7.00. The van der Waals surface area contributed by atoms with Crippen molar-refractivity contribution < 1.29 is 0 Å². The van der Waals surface area contributed by atoms with Gasteiger partial charge in [0.1, 0.15) is 0 Å². The van der Waals surface area contributed by atoms with Crippen molar-refractivity contribution in [3.63, 3.8) is 0 Å². The van der Waals surface area contributed by atoms with Crippen molar-refractivity contribution in [2.75, 3.05) is 9.80 Å². The maximum atomic E-state index is 5.29. The van der Waals surface area contributed by atoms with Crippen LogP contribution in [0.1, 0.15) is 0 Å². The van der Waals surface area contributed by atoms with Gasteiger partial charge >= 0.3 is 0 Å². The molecule has 0 saturated carbocycles. The summed E-state index contributed by atoms with van der Waals surface area (Å²) in [7, 11) is 0. The van der Waals surface area contributed by atoms with Crippen LogP contribution in [-0.2, 0) is 0 Å². The Morgan fingerprint density at radius 3 is 1.26 bits per heavy atom. The summed E-state index contributed by atoms with van der Waals surface area (Å²) in [5.74, 6) is 1.82. The predicted molar refractivity (Wildman–Crippen MR) is 370 cm³/mol. The summed E-state index contributed by atoms with van der Waals surface area (Å²) in [4.78, 5) is 20.6. The summed E-state index contributed by atoms with van der Waals surface area (Å²) in [6, 6.07) is 114. The summed E-state index contributed by atoms with van der Waals surface area (Å²) in [5, 5.41) is 4.80. The molecule has 0 spiro atoms. The molecule has 0 saturated heterocycles. The molecule has 0 fully saturated rings. The molecule has 0 aliphatic carbocycles. The Morgan fingerprint density at radius 1 is 0.247 bits per heavy atom. The van der Waals surface area contributed by atoms with Crippen molar-refractivity contribution in [1.29, 1.82) is 0 Å². The van der Waals surface area contributed by atoms with Crippen LogP contribution in [0, 0.1) is 0 Å². The first kappa shape index (κ1) is 50.5. The summed E-state index contributed by atoms with van der Waals surface area (Å²) in [6.07, 6.45) is 0. The molecular formula is C81H52BN7. The maximum Gasteiger partial charge on any atom is 0.252 e. The van der Waals surface area contributed by atoms with Gasteiger partial charge in [-0.05, 0) is 125 Å². The van der Waals surface area contributed by atoms with E-state index in [0.717, 1.165) is 78.2 Å². The highest BCUT2D eigenvalue weighted by atomic mass is 15.2. The molecule has 13 aromatic carbocycles. The molecule has 0 radical (unpaired) electrons. The zero-order valence-corrected chi connectivity index (χ0v) is 48.2. The smallest absolute Gasteiger partial charge is 0.252 e. The van der Waals surface area contributed by atoms with Crippen molar-refractivity contribution in [3.8, 4) is 67.8 Å². The first-order valence-corrected chi connectivity index (χ1v) is 30.4. The van der Waals surface area contributed by atoms with Crippen LogP contribution < -0.4 is 26.2 Å². The number of fused-ring (bicyclic) bond motifs is 10. The Bertz CT molecular complexity index is 5370. The summed E-state index contributed by atoms with van der Waals surface area (Å²) in [5.41, 5.74) is 24.5. The molecule has 18 rings (SSSR count). The molecule has 414 valence electrons. The molecule has 0 N–H and O–H groups in total. The van der Waals surface area contributed by atoms with Gasteiger partial charge in [-0.3, -0.25) is 0 Å². The van der Waals surface area contributed by atoms with Crippen LogP contribution >= 0.6 is 0 Å². The van der Waals surface area contributed by atoms with Gasteiger partial charge in [-0.1, -0.05) is 218 Å². The fourth-order valence-electron chi connectivity index (χ4n) is 14.3. The van der Waals surface area contributed by atoms with Crippen molar-refractivity contribution in [3.05, 3.63) is 315 Å². The first-order chi connectivity index (χ1) is 44.2. The SMILES string of the molecule is c1ccc(-c2nc(-c3ccccc3)nc(-c3ccc(-n4c5ccccc5c5cc6c7ccccc7n(-c7ccccc7)c6cc54)c(-c4ccc(-c5ccc6c7c5N(c5ccccc5)c5ccccc5B7c5ccccc5N6c5ccccc5)cc4)c3)n2)cc1. The minimum atomic E-state index is -0.0153. The lowest BCUT2D eigenvalue weighted by Crippen LogP contribution is -2.61. The Hall–Kier alpha value is -11.9. The van der Waals surface area contributed by atoms with Crippen LogP contribution in [0.15, 0.2) is 315 Å². The summed E-state index contributed by atoms with van der Waals surface area (Å²) < 4.78 is 4.89. The molecule has 5 heterocycles. The Kier molecular flexibility index (Phi) is 11.6. The van der Waals surface area contributed by atoms with Gasteiger partial charge in [-0.15, -0.1) is 0 Å². The maximum absolute atomic E-state index is 5.29. The number of anilines is 6. The molecule has 2 aliphatic heterocycles. The van der Waals surface area contributed by atoms with E-state index in [4.69, 9.17) is 15.0 Å². The number of nitrogens with zero attached hydrogens (tertiary/aromatic N) is 7. The van der Waals surface area contributed by atoms with E-state index in [9.17, 15) is 0 Å². The number of hydrogen-bond donors (Lipinski definition) is 0. The van der Waals surface area contributed by atoms with E-state index in [2.05, 4.69) is 298 Å². The van der Waals surface area contributed by atoms with Crippen LogP contribution in [0.4, 0.5) is 34.1 Å². The van der Waals surface area contributed by atoms with E-state index < -0.39 is 0 Å². The van der Waals surface area contributed by atoms with Crippen molar-refractivity contribution in [1.82, 2.24) is 24.1 Å². The van der Waals surface area contributed by atoms with E-state index in [0.29, 0.717) is 17.5 Å². The second kappa shape index (κ2) is 20.4. The van der Waals surface area contributed by atoms with Gasteiger partial charge in [0.15, 0.2) is 17.5 Å². The van der Waals surface area contributed by atoms with Crippen molar-refractivity contribution in [2.24, 2.45) is 0 Å². The number of aromatic nitrogens is 5. The Labute approximate surface area is 515 Å². The topological polar surface area (TPSA) is 55.0 Å². The summed E-state index contributed by atoms with van der Waals surface area (Å²) >= 11 is 0. The molecular weight excluding hydrogens is 1080 g/mol. The quantitative estimate of drug-likeness (QED) is 0.135. The highest BCUT2D eigenvalue weighted by Crippen LogP contribution is 2.49. The lowest BCUT2D eigenvalue weighted by Gasteiger charge is -2.45. The zero-order chi connectivity index (χ0) is 58.5. The molecule has 89 heavy (non-hydrogen) atoms. The van der Waals surface area contributed by atoms with E-state index in [1.165, 1.54) is 66.2 Å². The largest absolute Gasteiger partial charge is 0.311 e. The Morgan fingerprint density at radius 2 is 0.674 bits per heavy atom. The van der Waals surface area contributed by atoms with Crippen LogP contribution in [-0.4, -0.2) is 30.8 Å². The highest BCUT2D eigenvalue weighted by Gasteiger charge is 2.44. The van der Waals surface area contributed by atoms with Gasteiger partial charge in [-0.2, -0.15) is 0 Å². The van der Waals surface area contributed by atoms with Gasteiger partial charge in [0.05, 0.1) is 33.4 Å². The number of hydrogen-bond acceptors (Lipinski definition) is 5. The lowest BCUT2D eigenvalue weighted by molar-refractivity contribution is 1.07. The van der Waals surface area contributed by atoms with E-state index in [1.807, 2.05) is 36.4 Å². The summed E-state index contributed by atoms with van der Waals surface area (Å²) in [6.45, 7) is -0.0153. The van der Waals surface area contributed by atoms with Crippen LogP contribution in [0.2, 0.25) is 0 Å². The molecule has 16 aromatic rings. The van der Waals surface area contributed by atoms with Crippen LogP contribution in [0.3, 0.4) is 0 Å². The number of rotatable bonds is 9. The normalized spacial score (nSPS) is 12.4. The second-order valence-electron chi connectivity index (χ2n) is 23.1. The average Bonchev–Trinajstić information content (AvgIpc) is 0.931. The van der Waals surface area contributed by atoms with Gasteiger partial charge in [0, 0.05) is 83.5 Å². The molecule has 3 aromatic heterocycles. The van der Waals surface area contributed by atoms with Crippen LogP contribution in [0.5, 0.6) is 0 Å². The second-order valence-corrected chi connectivity index (χ2v) is 23.1. The molecule has 2 aliphatic rings. The van der Waals surface area contributed by atoms with Gasteiger partial charge < -0.3 is 18.9 Å². The minimum absolute atomic E-state index is 0.0153. The number of benzene rings is 13. The van der Waals surface area contributed by atoms with E-state index >= 15 is 0 Å². The fraction of sp³-hybridized carbons (Fsp3) is 0. The molecule has 0 amide bonds. The van der Waals surface area contributed by atoms with E-state index in [1.54, 1.807) is 0 Å². The third-order valence-electron chi connectivity index (χ3n) is 18.1. The zero-order valence-electron chi connectivity index (χ0n) is 48.2. The van der Waals surface area contributed by atoms with Crippen molar-refractivity contribution in [2.45, 2.75) is 0 Å².